The quantitative estimate of drug-likeness (QED) is 0.644. The van der Waals surface area contributed by atoms with Gasteiger partial charge >= 0.3 is 0 Å². The zero-order valence-corrected chi connectivity index (χ0v) is 9.75. The minimum atomic E-state index is 0.711. The molecule has 1 aliphatic rings. The van der Waals surface area contributed by atoms with Crippen LogP contribution in [0, 0.1) is 5.92 Å². The van der Waals surface area contributed by atoms with E-state index in [0.717, 1.165) is 5.92 Å². The Hall–Kier alpha value is -0.0800. The van der Waals surface area contributed by atoms with Gasteiger partial charge < -0.3 is 0 Å². The third-order valence-electron chi connectivity index (χ3n) is 3.06. The van der Waals surface area contributed by atoms with Crippen LogP contribution in [0.1, 0.15) is 27.7 Å². The molecule has 2 heteroatoms. The summed E-state index contributed by atoms with van der Waals surface area (Å²) in [5.41, 5.74) is 0. The summed E-state index contributed by atoms with van der Waals surface area (Å²) < 4.78 is 0. The van der Waals surface area contributed by atoms with E-state index in [-0.39, 0.29) is 0 Å². The first-order valence-electron chi connectivity index (χ1n) is 5.45. The van der Waals surface area contributed by atoms with Crippen molar-refractivity contribution in [3.05, 3.63) is 0 Å². The largest absolute Gasteiger partial charge is 0.300 e. The van der Waals surface area contributed by atoms with E-state index in [2.05, 4.69) is 44.5 Å². The molecule has 0 saturated carbocycles. The fraction of sp³-hybridized carbons (Fsp3) is 1.00. The van der Waals surface area contributed by atoms with Crippen molar-refractivity contribution in [2.75, 3.05) is 26.7 Å². The Kier molecular flexibility index (Phi) is 3.74. The minimum Gasteiger partial charge on any atom is -0.300 e. The zero-order valence-electron chi connectivity index (χ0n) is 9.75. The molecule has 0 amide bonds. The van der Waals surface area contributed by atoms with Crippen LogP contribution in [-0.2, 0) is 0 Å². The van der Waals surface area contributed by atoms with Crippen LogP contribution in [0.2, 0.25) is 0 Å². The highest BCUT2D eigenvalue weighted by molar-refractivity contribution is 4.82. The van der Waals surface area contributed by atoms with Crippen LogP contribution in [0.25, 0.3) is 0 Å². The Morgan fingerprint density at radius 3 is 2.00 bits per heavy atom. The van der Waals surface area contributed by atoms with Crippen molar-refractivity contribution in [2.24, 2.45) is 5.92 Å². The number of piperazine rings is 1. The van der Waals surface area contributed by atoms with Crippen molar-refractivity contribution in [3.63, 3.8) is 0 Å². The molecule has 1 fully saturated rings. The summed E-state index contributed by atoms with van der Waals surface area (Å²) in [6.45, 7) is 13.0. The Bertz CT molecular complexity index is 144. The molecular formula is C11H24N2. The molecular weight excluding hydrogens is 160 g/mol. The minimum absolute atomic E-state index is 0.711. The van der Waals surface area contributed by atoms with Gasteiger partial charge in [0.15, 0.2) is 0 Å². The van der Waals surface area contributed by atoms with Gasteiger partial charge in [0.2, 0.25) is 0 Å². The summed E-state index contributed by atoms with van der Waals surface area (Å²) >= 11 is 0. The standard InChI is InChI=1S/C11H24N2/c1-9(2)6-13-7-10(3)12(5)11(4)8-13/h9-11H,6-8H2,1-5H3/t10-,11-/m1/s1. The summed E-state index contributed by atoms with van der Waals surface area (Å²) in [6, 6.07) is 1.42. The molecule has 2 nitrogen and oxygen atoms in total. The average Bonchev–Trinajstić information content (AvgIpc) is 1.98. The molecule has 78 valence electrons. The highest BCUT2D eigenvalue weighted by Crippen LogP contribution is 2.14. The van der Waals surface area contributed by atoms with Crippen LogP contribution in [0.3, 0.4) is 0 Å². The van der Waals surface area contributed by atoms with Gasteiger partial charge in [-0.1, -0.05) is 13.8 Å². The molecule has 0 N–H and O–H groups in total. The van der Waals surface area contributed by atoms with Gasteiger partial charge in [0.05, 0.1) is 0 Å². The van der Waals surface area contributed by atoms with Gasteiger partial charge in [-0.25, -0.2) is 0 Å². The van der Waals surface area contributed by atoms with Crippen molar-refractivity contribution in [3.8, 4) is 0 Å². The molecule has 13 heavy (non-hydrogen) atoms. The average molecular weight is 184 g/mol. The summed E-state index contributed by atoms with van der Waals surface area (Å²) in [5.74, 6) is 0.794. The Labute approximate surface area is 82.9 Å². The highest BCUT2D eigenvalue weighted by Gasteiger charge is 2.26. The first-order chi connectivity index (χ1) is 6.00. The van der Waals surface area contributed by atoms with E-state index in [1.165, 1.54) is 19.6 Å². The van der Waals surface area contributed by atoms with Crippen molar-refractivity contribution in [1.82, 2.24) is 9.80 Å². The summed E-state index contributed by atoms with van der Waals surface area (Å²) in [4.78, 5) is 5.08. The van der Waals surface area contributed by atoms with Crippen molar-refractivity contribution >= 4 is 0 Å². The molecule has 2 atom stereocenters. The van der Waals surface area contributed by atoms with Crippen molar-refractivity contribution in [1.29, 1.82) is 0 Å². The molecule has 0 aliphatic carbocycles. The van der Waals surface area contributed by atoms with Crippen LogP contribution < -0.4 is 0 Å². The molecule has 0 aromatic heterocycles. The molecule has 0 bridgehead atoms. The van der Waals surface area contributed by atoms with Crippen LogP contribution in [0.5, 0.6) is 0 Å². The third kappa shape index (κ3) is 2.96. The van der Waals surface area contributed by atoms with Crippen LogP contribution in [0.15, 0.2) is 0 Å². The molecule has 0 unspecified atom stereocenters. The highest BCUT2D eigenvalue weighted by atomic mass is 15.3. The van der Waals surface area contributed by atoms with Gasteiger partial charge in [-0.3, -0.25) is 9.80 Å². The monoisotopic (exact) mass is 184 g/mol. The smallest absolute Gasteiger partial charge is 0.0195 e. The van der Waals surface area contributed by atoms with Crippen LogP contribution in [-0.4, -0.2) is 48.6 Å². The Morgan fingerprint density at radius 2 is 1.62 bits per heavy atom. The number of hydrogen-bond acceptors (Lipinski definition) is 2. The number of likely N-dealkylation sites (N-methyl/N-ethyl adjacent to an activating group) is 1. The maximum atomic E-state index is 2.60. The van der Waals surface area contributed by atoms with Crippen LogP contribution >= 0.6 is 0 Å². The second-order valence-corrected chi connectivity index (χ2v) is 4.98. The van der Waals surface area contributed by atoms with E-state index >= 15 is 0 Å². The van der Waals surface area contributed by atoms with E-state index in [1.807, 2.05) is 0 Å². The topological polar surface area (TPSA) is 6.48 Å². The molecule has 1 aliphatic heterocycles. The van der Waals surface area contributed by atoms with Gasteiger partial charge in [0, 0.05) is 31.7 Å². The van der Waals surface area contributed by atoms with E-state index in [1.54, 1.807) is 0 Å². The van der Waals surface area contributed by atoms with Crippen LogP contribution in [0.4, 0.5) is 0 Å². The van der Waals surface area contributed by atoms with Gasteiger partial charge in [-0.05, 0) is 26.8 Å². The van der Waals surface area contributed by atoms with Gasteiger partial charge in [0.25, 0.3) is 0 Å². The van der Waals surface area contributed by atoms with Gasteiger partial charge in [-0.15, -0.1) is 0 Å². The van der Waals surface area contributed by atoms with Gasteiger partial charge in [0.1, 0.15) is 0 Å². The maximum Gasteiger partial charge on any atom is 0.0195 e. The first-order valence-corrected chi connectivity index (χ1v) is 5.45. The van der Waals surface area contributed by atoms with Gasteiger partial charge in [-0.2, -0.15) is 0 Å². The molecule has 0 aromatic carbocycles. The fourth-order valence-electron chi connectivity index (χ4n) is 2.18. The molecule has 0 radical (unpaired) electrons. The third-order valence-corrected chi connectivity index (χ3v) is 3.06. The maximum absolute atomic E-state index is 2.60. The van der Waals surface area contributed by atoms with E-state index < -0.39 is 0 Å². The Balaban J connectivity index is 2.44. The Morgan fingerprint density at radius 1 is 1.15 bits per heavy atom. The summed E-state index contributed by atoms with van der Waals surface area (Å²) in [7, 11) is 2.24. The molecule has 1 heterocycles. The molecule has 1 rings (SSSR count). The fourth-order valence-corrected chi connectivity index (χ4v) is 2.18. The lowest BCUT2D eigenvalue weighted by molar-refractivity contribution is 0.0535. The predicted octanol–water partition coefficient (Wildman–Crippen LogP) is 1.67. The lowest BCUT2D eigenvalue weighted by Gasteiger charge is -2.43. The summed E-state index contributed by atoms with van der Waals surface area (Å²) in [5, 5.41) is 0. The second kappa shape index (κ2) is 4.43. The predicted molar refractivity (Wildman–Crippen MR) is 58.0 cm³/mol. The lowest BCUT2D eigenvalue weighted by Crippen LogP contribution is -2.55. The number of rotatable bonds is 2. The normalized spacial score (nSPS) is 32.8. The number of hydrogen-bond donors (Lipinski definition) is 0. The zero-order chi connectivity index (χ0) is 10.0. The molecule has 1 saturated heterocycles. The van der Waals surface area contributed by atoms with Crippen molar-refractivity contribution in [2.45, 2.75) is 39.8 Å². The van der Waals surface area contributed by atoms with E-state index in [4.69, 9.17) is 0 Å². The SMILES string of the molecule is CC(C)CN1C[C@@H](C)N(C)[C@H](C)C1. The second-order valence-electron chi connectivity index (χ2n) is 4.98. The number of nitrogens with zero attached hydrogens (tertiary/aromatic N) is 2. The molecule has 0 aromatic rings. The summed E-state index contributed by atoms with van der Waals surface area (Å²) in [6.07, 6.45) is 0. The van der Waals surface area contributed by atoms with E-state index in [9.17, 15) is 0 Å². The first kappa shape index (κ1) is 11.0. The lowest BCUT2D eigenvalue weighted by atomic mass is 10.1. The van der Waals surface area contributed by atoms with E-state index in [0.29, 0.717) is 12.1 Å². The molecule has 0 spiro atoms. The van der Waals surface area contributed by atoms with Crippen molar-refractivity contribution < 1.29 is 0 Å².